The highest BCUT2D eigenvalue weighted by Crippen LogP contribution is 2.27. The zero-order valence-corrected chi connectivity index (χ0v) is 9.73. The van der Waals surface area contributed by atoms with E-state index < -0.39 is 0 Å². The molecule has 0 amide bonds. The summed E-state index contributed by atoms with van der Waals surface area (Å²) in [4.78, 5) is 11.3. The first-order valence-electron chi connectivity index (χ1n) is 5.55. The van der Waals surface area contributed by atoms with Gasteiger partial charge in [0.05, 0.1) is 0 Å². The van der Waals surface area contributed by atoms with Gasteiger partial charge in [0.15, 0.2) is 0 Å². The molecule has 0 unspecified atom stereocenters. The van der Waals surface area contributed by atoms with Crippen LogP contribution in [0.3, 0.4) is 0 Å². The summed E-state index contributed by atoms with van der Waals surface area (Å²) >= 11 is 0. The Morgan fingerprint density at radius 3 is 2.82 bits per heavy atom. The minimum absolute atomic E-state index is 0.340. The lowest BCUT2D eigenvalue weighted by Crippen LogP contribution is -2.00. The van der Waals surface area contributed by atoms with Crippen LogP contribution in [0.15, 0.2) is 46.1 Å². The van der Waals surface area contributed by atoms with Crippen LogP contribution >= 0.6 is 0 Å². The first-order chi connectivity index (χ1) is 8.26. The molecule has 0 aliphatic carbocycles. The van der Waals surface area contributed by atoms with Gasteiger partial charge in [-0.15, -0.1) is 0 Å². The van der Waals surface area contributed by atoms with Gasteiger partial charge in [0.25, 0.3) is 0 Å². The Morgan fingerprint density at radius 1 is 1.35 bits per heavy atom. The molecule has 2 rings (SSSR count). The summed E-state index contributed by atoms with van der Waals surface area (Å²) in [5, 5.41) is 0.910. The van der Waals surface area contributed by atoms with Gasteiger partial charge < -0.3 is 9.15 Å². The Bertz CT molecular complexity index is 596. The summed E-state index contributed by atoms with van der Waals surface area (Å²) in [7, 11) is 0. The Hall–Kier alpha value is -2.03. The van der Waals surface area contributed by atoms with Gasteiger partial charge in [-0.1, -0.05) is 19.6 Å². The Labute approximate surface area is 99.3 Å². The average molecular weight is 230 g/mol. The lowest BCUT2D eigenvalue weighted by Gasteiger charge is -2.10. The standard InChI is InChI=1S/C14H14O3/c1-3-9-16-12-7-5-10-6-8-13(15)17-14(10)11(12)4-2/h3,5-8H,1,4,9H2,2H3. The van der Waals surface area contributed by atoms with E-state index >= 15 is 0 Å². The number of hydrogen-bond acceptors (Lipinski definition) is 3. The first-order valence-corrected chi connectivity index (χ1v) is 5.55. The summed E-state index contributed by atoms with van der Waals surface area (Å²) < 4.78 is 10.8. The maximum Gasteiger partial charge on any atom is 0.336 e. The van der Waals surface area contributed by atoms with Gasteiger partial charge in [-0.25, -0.2) is 4.79 Å². The van der Waals surface area contributed by atoms with Crippen LogP contribution in [0, 0.1) is 0 Å². The van der Waals surface area contributed by atoms with E-state index in [1.54, 1.807) is 12.1 Å². The maximum absolute atomic E-state index is 11.3. The van der Waals surface area contributed by atoms with E-state index in [0.717, 1.165) is 23.1 Å². The summed E-state index contributed by atoms with van der Waals surface area (Å²) in [5.41, 5.74) is 1.19. The van der Waals surface area contributed by atoms with Crippen molar-refractivity contribution in [3.8, 4) is 5.75 Å². The Balaban J connectivity index is 2.62. The van der Waals surface area contributed by atoms with Gasteiger partial charge >= 0.3 is 5.63 Å². The monoisotopic (exact) mass is 230 g/mol. The van der Waals surface area contributed by atoms with Crippen molar-refractivity contribution in [2.45, 2.75) is 13.3 Å². The molecule has 3 heteroatoms. The zero-order chi connectivity index (χ0) is 12.3. The molecule has 0 aliphatic heterocycles. The number of aryl methyl sites for hydroxylation is 1. The van der Waals surface area contributed by atoms with Gasteiger partial charge in [0, 0.05) is 17.0 Å². The Kier molecular flexibility index (Phi) is 3.28. The van der Waals surface area contributed by atoms with E-state index in [-0.39, 0.29) is 5.63 Å². The minimum Gasteiger partial charge on any atom is -0.489 e. The molecule has 0 fully saturated rings. The van der Waals surface area contributed by atoms with Crippen molar-refractivity contribution in [3.05, 3.63) is 52.9 Å². The van der Waals surface area contributed by atoms with Crippen LogP contribution in [0.2, 0.25) is 0 Å². The third-order valence-electron chi connectivity index (χ3n) is 2.56. The second kappa shape index (κ2) is 4.87. The van der Waals surface area contributed by atoms with Gasteiger partial charge in [-0.2, -0.15) is 0 Å². The molecule has 2 aromatic rings. The molecule has 88 valence electrons. The number of hydrogen-bond donors (Lipinski definition) is 0. The summed E-state index contributed by atoms with van der Waals surface area (Å²) in [5.74, 6) is 0.745. The van der Waals surface area contributed by atoms with Gasteiger partial charge in [-0.3, -0.25) is 0 Å². The molecular formula is C14H14O3. The Morgan fingerprint density at radius 2 is 2.12 bits per heavy atom. The predicted molar refractivity (Wildman–Crippen MR) is 67.6 cm³/mol. The summed E-state index contributed by atoms with van der Waals surface area (Å²) in [6, 6.07) is 6.96. The van der Waals surface area contributed by atoms with E-state index in [4.69, 9.17) is 9.15 Å². The molecule has 0 aliphatic rings. The van der Waals surface area contributed by atoms with Gasteiger partial charge in [-0.05, 0) is 24.6 Å². The van der Waals surface area contributed by atoms with Crippen molar-refractivity contribution >= 4 is 11.0 Å². The van der Waals surface area contributed by atoms with Crippen LogP contribution in [0.4, 0.5) is 0 Å². The number of ether oxygens (including phenoxy) is 1. The number of benzene rings is 1. The minimum atomic E-state index is -0.340. The van der Waals surface area contributed by atoms with Crippen molar-refractivity contribution in [2.24, 2.45) is 0 Å². The fraction of sp³-hybridized carbons (Fsp3) is 0.214. The molecule has 3 nitrogen and oxygen atoms in total. The van der Waals surface area contributed by atoms with Crippen LogP contribution in [0.1, 0.15) is 12.5 Å². The highest BCUT2D eigenvalue weighted by molar-refractivity contribution is 5.82. The van der Waals surface area contributed by atoms with E-state index in [9.17, 15) is 4.79 Å². The van der Waals surface area contributed by atoms with Crippen LogP contribution in [-0.2, 0) is 6.42 Å². The molecule has 0 bridgehead atoms. The predicted octanol–water partition coefficient (Wildman–Crippen LogP) is 2.92. The van der Waals surface area contributed by atoms with Crippen LogP contribution in [0.5, 0.6) is 5.75 Å². The lowest BCUT2D eigenvalue weighted by atomic mass is 10.1. The van der Waals surface area contributed by atoms with E-state index in [1.807, 2.05) is 19.1 Å². The molecule has 0 N–H and O–H groups in total. The molecule has 0 radical (unpaired) electrons. The van der Waals surface area contributed by atoms with E-state index in [2.05, 4.69) is 6.58 Å². The summed E-state index contributed by atoms with van der Waals surface area (Å²) in [6.07, 6.45) is 2.43. The van der Waals surface area contributed by atoms with Crippen molar-refractivity contribution in [2.75, 3.05) is 6.61 Å². The molecule has 1 aromatic carbocycles. The van der Waals surface area contributed by atoms with Crippen molar-refractivity contribution in [1.29, 1.82) is 0 Å². The molecule has 0 saturated carbocycles. The molecular weight excluding hydrogens is 216 g/mol. The van der Waals surface area contributed by atoms with Crippen molar-refractivity contribution in [1.82, 2.24) is 0 Å². The zero-order valence-electron chi connectivity index (χ0n) is 9.73. The second-order valence-corrected chi connectivity index (χ2v) is 3.67. The SMILES string of the molecule is C=CCOc1ccc2ccc(=O)oc2c1CC. The maximum atomic E-state index is 11.3. The smallest absolute Gasteiger partial charge is 0.336 e. The van der Waals surface area contributed by atoms with Crippen LogP contribution in [0.25, 0.3) is 11.0 Å². The normalized spacial score (nSPS) is 10.4. The third kappa shape index (κ3) is 2.23. The third-order valence-corrected chi connectivity index (χ3v) is 2.56. The van der Waals surface area contributed by atoms with Crippen LogP contribution in [-0.4, -0.2) is 6.61 Å². The average Bonchev–Trinajstić information content (AvgIpc) is 2.35. The number of fused-ring (bicyclic) bond motifs is 1. The van der Waals surface area contributed by atoms with Gasteiger partial charge in [0.1, 0.15) is 17.9 Å². The molecule has 0 spiro atoms. The van der Waals surface area contributed by atoms with E-state index in [0.29, 0.717) is 12.2 Å². The highest BCUT2D eigenvalue weighted by atomic mass is 16.5. The fourth-order valence-corrected chi connectivity index (χ4v) is 1.79. The quantitative estimate of drug-likeness (QED) is 0.599. The number of rotatable bonds is 4. The van der Waals surface area contributed by atoms with E-state index in [1.165, 1.54) is 6.07 Å². The molecule has 0 atom stereocenters. The highest BCUT2D eigenvalue weighted by Gasteiger charge is 2.09. The molecule has 1 heterocycles. The second-order valence-electron chi connectivity index (χ2n) is 3.67. The fourth-order valence-electron chi connectivity index (χ4n) is 1.79. The molecule has 1 aromatic heterocycles. The lowest BCUT2D eigenvalue weighted by molar-refractivity contribution is 0.359. The first kappa shape index (κ1) is 11.5. The summed E-state index contributed by atoms with van der Waals surface area (Å²) in [6.45, 7) is 6.05. The largest absolute Gasteiger partial charge is 0.489 e. The van der Waals surface area contributed by atoms with Crippen LogP contribution < -0.4 is 10.4 Å². The van der Waals surface area contributed by atoms with Crippen molar-refractivity contribution < 1.29 is 9.15 Å². The molecule has 0 saturated heterocycles. The van der Waals surface area contributed by atoms with Crippen molar-refractivity contribution in [3.63, 3.8) is 0 Å². The topological polar surface area (TPSA) is 39.4 Å². The van der Waals surface area contributed by atoms with Gasteiger partial charge in [0.2, 0.25) is 0 Å². The molecule has 17 heavy (non-hydrogen) atoms.